The number of hydrogen-bond acceptors (Lipinski definition) is 1. The Morgan fingerprint density at radius 2 is 1.03 bits per heavy atom. The van der Waals surface area contributed by atoms with Gasteiger partial charge in [-0.05, 0) is 51.4 Å². The van der Waals surface area contributed by atoms with E-state index >= 15 is 0 Å². The molecule has 0 atom stereocenters. The van der Waals surface area contributed by atoms with Crippen molar-refractivity contribution in [2.45, 2.75) is 147 Å². The summed E-state index contributed by atoms with van der Waals surface area (Å²) in [6.45, 7) is 1.00. The second-order valence-electron chi connectivity index (χ2n) is 9.18. The van der Waals surface area contributed by atoms with Gasteiger partial charge in [0.15, 0.2) is 0 Å². The van der Waals surface area contributed by atoms with E-state index in [9.17, 15) is 0 Å². The molecule has 1 saturated carbocycles. The molecule has 0 spiro atoms. The second-order valence-corrected chi connectivity index (χ2v) is 9.83. The summed E-state index contributed by atoms with van der Waals surface area (Å²) < 4.78 is 6.00. The van der Waals surface area contributed by atoms with Crippen LogP contribution in [0.4, 0.5) is 0 Å². The fourth-order valence-corrected chi connectivity index (χ4v) is 4.76. The van der Waals surface area contributed by atoms with E-state index < -0.39 is 0 Å². The van der Waals surface area contributed by atoms with Crippen LogP contribution in [-0.4, -0.2) is 18.0 Å². The van der Waals surface area contributed by atoms with Crippen molar-refractivity contribution < 1.29 is 4.74 Å². The first-order valence-corrected chi connectivity index (χ1v) is 14.4. The Morgan fingerprint density at radius 1 is 0.621 bits per heavy atom. The zero-order chi connectivity index (χ0) is 20.7. The highest BCUT2D eigenvalue weighted by Crippen LogP contribution is 2.20. The van der Waals surface area contributed by atoms with Gasteiger partial charge < -0.3 is 4.74 Å². The minimum absolute atomic E-state index is 0.567. The summed E-state index contributed by atoms with van der Waals surface area (Å²) in [6, 6.07) is 0. The standard InChI is InChI=1S/C27H51BrO/c28-25-21-16-14-12-10-8-6-4-2-1-3-5-7-9-11-13-15-17-22-26-29-27-23-19-18-20-24-27/h18,21,27H,1-17,19-20,22-26H2. The maximum absolute atomic E-state index is 6.00. The predicted octanol–water partition coefficient (Wildman–Crippen LogP) is 9.77. The average molecular weight is 472 g/mol. The Kier molecular flexibility index (Phi) is 21.9. The lowest BCUT2D eigenvalue weighted by Gasteiger charge is -2.21. The maximum atomic E-state index is 6.00. The van der Waals surface area contributed by atoms with Gasteiger partial charge in [0.05, 0.1) is 6.10 Å². The minimum atomic E-state index is 0.567. The van der Waals surface area contributed by atoms with Gasteiger partial charge in [-0.1, -0.05) is 119 Å². The first-order chi connectivity index (χ1) is 14.4. The first kappa shape index (κ1) is 27.5. The third-order valence-electron chi connectivity index (χ3n) is 6.40. The van der Waals surface area contributed by atoms with E-state index in [1.54, 1.807) is 0 Å². The molecule has 172 valence electrons. The van der Waals surface area contributed by atoms with E-state index in [-0.39, 0.29) is 0 Å². The number of unbranched alkanes of at least 4 members (excludes halogenated alkanes) is 18. The van der Waals surface area contributed by atoms with Crippen LogP contribution in [0.3, 0.4) is 0 Å². The van der Waals surface area contributed by atoms with Gasteiger partial charge in [0.1, 0.15) is 0 Å². The van der Waals surface area contributed by atoms with Crippen molar-refractivity contribution in [2.75, 3.05) is 11.9 Å². The van der Waals surface area contributed by atoms with Crippen LogP contribution in [0.25, 0.3) is 0 Å². The molecule has 1 aliphatic rings. The highest BCUT2D eigenvalue weighted by atomic mass is 79.9. The Labute approximate surface area is 192 Å². The van der Waals surface area contributed by atoms with Crippen LogP contribution < -0.4 is 0 Å². The zero-order valence-corrected chi connectivity index (χ0v) is 21.1. The average Bonchev–Trinajstić information content (AvgIpc) is 2.75. The molecular weight excluding hydrogens is 420 g/mol. The van der Waals surface area contributed by atoms with Crippen LogP contribution in [0.2, 0.25) is 0 Å². The largest absolute Gasteiger partial charge is 0.378 e. The van der Waals surface area contributed by atoms with Crippen LogP contribution in [0, 0.1) is 12.8 Å². The van der Waals surface area contributed by atoms with Crippen LogP contribution in [-0.2, 0) is 4.74 Å². The molecule has 1 fully saturated rings. The van der Waals surface area contributed by atoms with Crippen molar-refractivity contribution in [1.29, 1.82) is 0 Å². The monoisotopic (exact) mass is 470 g/mol. The summed E-state index contributed by atoms with van der Waals surface area (Å²) in [4.78, 5) is 0. The van der Waals surface area contributed by atoms with Gasteiger partial charge in [-0.15, -0.1) is 0 Å². The molecular formula is C27H51BrO. The Hall–Kier alpha value is 0.440. The van der Waals surface area contributed by atoms with Crippen molar-refractivity contribution in [1.82, 2.24) is 0 Å². The van der Waals surface area contributed by atoms with Crippen molar-refractivity contribution in [3.8, 4) is 0 Å². The summed E-state index contributed by atoms with van der Waals surface area (Å²) in [6.07, 6.45) is 36.1. The SMILES string of the molecule is BrC[CH]CCCCCCCCCCCCCCCCCCCOC1CC[CH]CC1. The molecule has 2 radical (unpaired) electrons. The van der Waals surface area contributed by atoms with Gasteiger partial charge in [-0.25, -0.2) is 0 Å². The first-order valence-electron chi connectivity index (χ1n) is 13.2. The topological polar surface area (TPSA) is 9.23 Å². The van der Waals surface area contributed by atoms with E-state index in [0.717, 1.165) is 11.9 Å². The van der Waals surface area contributed by atoms with E-state index in [2.05, 4.69) is 28.8 Å². The van der Waals surface area contributed by atoms with Gasteiger partial charge in [0.25, 0.3) is 0 Å². The fourth-order valence-electron chi connectivity index (χ4n) is 4.43. The van der Waals surface area contributed by atoms with E-state index in [1.165, 1.54) is 141 Å². The molecule has 0 unspecified atom stereocenters. The van der Waals surface area contributed by atoms with Gasteiger partial charge in [-0.3, -0.25) is 0 Å². The van der Waals surface area contributed by atoms with Gasteiger partial charge in [-0.2, -0.15) is 0 Å². The third-order valence-corrected chi connectivity index (χ3v) is 6.86. The molecule has 0 bridgehead atoms. The number of hydrogen-bond donors (Lipinski definition) is 0. The van der Waals surface area contributed by atoms with Crippen LogP contribution in [0.15, 0.2) is 0 Å². The Morgan fingerprint density at radius 3 is 1.48 bits per heavy atom. The summed E-state index contributed by atoms with van der Waals surface area (Å²) in [5, 5.41) is 1.06. The molecule has 1 aliphatic carbocycles. The fraction of sp³-hybridized carbons (Fsp3) is 0.926. The third kappa shape index (κ3) is 20.1. The summed E-state index contributed by atoms with van der Waals surface area (Å²) >= 11 is 3.45. The summed E-state index contributed by atoms with van der Waals surface area (Å²) in [5.74, 6) is 0. The highest BCUT2D eigenvalue weighted by Gasteiger charge is 2.12. The van der Waals surface area contributed by atoms with Crippen molar-refractivity contribution in [3.05, 3.63) is 12.8 Å². The number of alkyl halides is 1. The highest BCUT2D eigenvalue weighted by molar-refractivity contribution is 9.09. The predicted molar refractivity (Wildman–Crippen MR) is 134 cm³/mol. The zero-order valence-electron chi connectivity index (χ0n) is 19.5. The number of rotatable bonds is 22. The normalized spacial score (nSPS) is 15.2. The quantitative estimate of drug-likeness (QED) is 0.113. The lowest BCUT2D eigenvalue weighted by molar-refractivity contribution is 0.0326. The Balaban J connectivity index is 1.63. The number of ether oxygens (including phenoxy) is 1. The minimum Gasteiger partial charge on any atom is -0.378 e. The van der Waals surface area contributed by atoms with E-state index in [0.29, 0.717) is 6.10 Å². The molecule has 0 N–H and O–H groups in total. The lowest BCUT2D eigenvalue weighted by atomic mass is 9.98. The second kappa shape index (κ2) is 23.1. The van der Waals surface area contributed by atoms with Crippen molar-refractivity contribution in [2.24, 2.45) is 0 Å². The molecule has 0 aromatic rings. The molecule has 0 aromatic carbocycles. The van der Waals surface area contributed by atoms with Crippen molar-refractivity contribution >= 4 is 15.9 Å². The van der Waals surface area contributed by atoms with Crippen LogP contribution in [0.5, 0.6) is 0 Å². The smallest absolute Gasteiger partial charge is 0.0575 e. The van der Waals surface area contributed by atoms with E-state index in [4.69, 9.17) is 4.74 Å². The molecule has 0 heterocycles. The molecule has 0 aliphatic heterocycles. The maximum Gasteiger partial charge on any atom is 0.0575 e. The van der Waals surface area contributed by atoms with Crippen LogP contribution >= 0.6 is 15.9 Å². The molecule has 2 heteroatoms. The number of halogens is 1. The summed E-state index contributed by atoms with van der Waals surface area (Å²) in [5.41, 5.74) is 0. The molecule has 0 aromatic heterocycles. The Bertz CT molecular complexity index is 301. The molecule has 1 nitrogen and oxygen atoms in total. The molecule has 0 amide bonds. The van der Waals surface area contributed by atoms with E-state index in [1.807, 2.05) is 0 Å². The molecule has 0 saturated heterocycles. The van der Waals surface area contributed by atoms with Gasteiger partial charge >= 0.3 is 0 Å². The lowest BCUT2D eigenvalue weighted by Crippen LogP contribution is -2.17. The van der Waals surface area contributed by atoms with Crippen molar-refractivity contribution in [3.63, 3.8) is 0 Å². The molecule has 1 rings (SSSR count). The van der Waals surface area contributed by atoms with Gasteiger partial charge in [0, 0.05) is 11.9 Å². The van der Waals surface area contributed by atoms with Gasteiger partial charge in [0.2, 0.25) is 0 Å². The summed E-state index contributed by atoms with van der Waals surface area (Å²) in [7, 11) is 0. The van der Waals surface area contributed by atoms with Crippen LogP contribution in [0.1, 0.15) is 141 Å². The molecule has 29 heavy (non-hydrogen) atoms.